The second kappa shape index (κ2) is 10.6. The van der Waals surface area contributed by atoms with Crippen LogP contribution in [0, 0.1) is 17.3 Å². The molecule has 6 rings (SSSR count). The number of fused-ring (bicyclic) bond motifs is 4. The van der Waals surface area contributed by atoms with Crippen LogP contribution >= 0.6 is 0 Å². The fraction of sp³-hybridized carbons (Fsp3) is 0.441. The van der Waals surface area contributed by atoms with E-state index in [1.165, 1.54) is 43.3 Å². The summed E-state index contributed by atoms with van der Waals surface area (Å²) in [6.07, 6.45) is -3.44. The van der Waals surface area contributed by atoms with Gasteiger partial charge in [-0.3, -0.25) is 9.59 Å². The molecule has 0 spiro atoms. The second-order valence-electron chi connectivity index (χ2n) is 12.9. The molecule has 0 bridgehead atoms. The summed E-state index contributed by atoms with van der Waals surface area (Å²) in [6, 6.07) is 12.0. The molecule has 3 N–H and O–H groups in total. The Morgan fingerprint density at radius 2 is 1.67 bits per heavy atom. The van der Waals surface area contributed by atoms with Crippen LogP contribution in [0.15, 0.2) is 71.3 Å². The molecule has 5 atom stereocenters. The van der Waals surface area contributed by atoms with Gasteiger partial charge in [-0.05, 0) is 103 Å². The van der Waals surface area contributed by atoms with Crippen LogP contribution < -0.4 is 5.32 Å². The number of halogens is 5. The van der Waals surface area contributed by atoms with Crippen molar-refractivity contribution in [3.8, 4) is 0 Å². The highest BCUT2D eigenvalue weighted by Crippen LogP contribution is 2.70. The number of hydrogen-bond donors (Lipinski definition) is 3. The zero-order chi connectivity index (χ0) is 32.5. The number of hydrogen-bond acceptors (Lipinski definition) is 4. The summed E-state index contributed by atoms with van der Waals surface area (Å²) >= 11 is 0. The molecule has 11 heteroatoms. The van der Waals surface area contributed by atoms with Gasteiger partial charge in [-0.25, -0.2) is 4.79 Å². The van der Waals surface area contributed by atoms with Crippen LogP contribution in [0.2, 0.25) is 0 Å². The van der Waals surface area contributed by atoms with Crippen LogP contribution in [0.3, 0.4) is 0 Å². The minimum atomic E-state index is -5.93. The lowest BCUT2D eigenvalue weighted by molar-refractivity contribution is -0.362. The first-order valence-corrected chi connectivity index (χ1v) is 15.0. The van der Waals surface area contributed by atoms with Crippen molar-refractivity contribution in [3.05, 3.63) is 88.0 Å². The number of amides is 1. The highest BCUT2D eigenvalue weighted by molar-refractivity contribution is 6.04. The van der Waals surface area contributed by atoms with E-state index in [2.05, 4.69) is 5.32 Å². The number of aromatic carboxylic acids is 1. The van der Waals surface area contributed by atoms with Gasteiger partial charge in [0, 0.05) is 29.0 Å². The van der Waals surface area contributed by atoms with E-state index in [0.29, 0.717) is 24.8 Å². The summed E-state index contributed by atoms with van der Waals surface area (Å²) < 4.78 is 71.7. The Morgan fingerprint density at radius 3 is 2.33 bits per heavy atom. The Kier molecular flexibility index (Phi) is 7.34. The van der Waals surface area contributed by atoms with Crippen molar-refractivity contribution in [2.45, 2.75) is 75.5 Å². The van der Waals surface area contributed by atoms with Crippen molar-refractivity contribution in [3.63, 3.8) is 0 Å². The molecule has 6 nitrogen and oxygen atoms in total. The lowest BCUT2D eigenvalue weighted by Gasteiger charge is -2.56. The van der Waals surface area contributed by atoms with Gasteiger partial charge in [-0.15, -0.1) is 0 Å². The maximum Gasteiger partial charge on any atom is 0.456 e. The average molecular weight is 630 g/mol. The van der Waals surface area contributed by atoms with E-state index in [-0.39, 0.29) is 47.8 Å². The number of aliphatic hydroxyl groups is 1. The highest BCUT2D eigenvalue weighted by atomic mass is 19.4. The van der Waals surface area contributed by atoms with Crippen LogP contribution in [0.1, 0.15) is 84.1 Å². The fourth-order valence-corrected chi connectivity index (χ4v) is 8.51. The Labute approximate surface area is 256 Å². The van der Waals surface area contributed by atoms with E-state index in [4.69, 9.17) is 0 Å². The molecule has 0 radical (unpaired) electrons. The quantitative estimate of drug-likeness (QED) is 0.298. The summed E-state index contributed by atoms with van der Waals surface area (Å²) in [4.78, 5) is 36.5. The summed E-state index contributed by atoms with van der Waals surface area (Å²) in [6.45, 7) is 1.36. The van der Waals surface area contributed by atoms with Gasteiger partial charge < -0.3 is 15.5 Å². The number of rotatable bonds is 5. The molecule has 45 heavy (non-hydrogen) atoms. The maximum atomic E-state index is 15.2. The Morgan fingerprint density at radius 1 is 0.956 bits per heavy atom. The van der Waals surface area contributed by atoms with Gasteiger partial charge in [0.1, 0.15) is 5.60 Å². The molecule has 238 valence electrons. The minimum Gasteiger partial charge on any atom is -0.478 e. The summed E-state index contributed by atoms with van der Waals surface area (Å²) in [7, 11) is 0. The van der Waals surface area contributed by atoms with Gasteiger partial charge in [0.25, 0.3) is 5.91 Å². The largest absolute Gasteiger partial charge is 0.478 e. The standard InChI is InChI=1S/C34H32F5NO5/c1-31-17-26(18-5-7-19(8-6-18)29(42)40-22-4-2-3-21(15-22)30(43)44)28-24-12-10-23(41)16-20(24)9-11-25(28)27(31)13-14-32(31,45)33(35,36)34(37,38)39/h2-8,15-16,25-27,45H,9-14,17H2,1H3,(H,40,42)(H,43,44)/t25-,26+,27-,31-,32-/m0/s1. The van der Waals surface area contributed by atoms with Gasteiger partial charge in [-0.1, -0.05) is 30.7 Å². The lowest BCUT2D eigenvalue weighted by atomic mass is 9.50. The number of nitrogens with one attached hydrogen (secondary N) is 1. The normalized spacial score (nSPS) is 29.8. The van der Waals surface area contributed by atoms with Gasteiger partial charge in [0.15, 0.2) is 5.78 Å². The number of alkyl halides is 5. The predicted octanol–water partition coefficient (Wildman–Crippen LogP) is 7.47. The van der Waals surface area contributed by atoms with E-state index in [1.54, 1.807) is 18.2 Å². The molecule has 0 aromatic heterocycles. The SMILES string of the molecule is C[C@]12C[C@H](c3ccc(C(=O)Nc4cccc(C(=O)O)c4)cc3)C3=C4CCC(=O)C=C4CC[C@H]3[C@@H]1CC[C@@]2(O)C(F)(F)C(F)(F)F. The van der Waals surface area contributed by atoms with Crippen LogP contribution in [0.5, 0.6) is 0 Å². The van der Waals surface area contributed by atoms with Gasteiger partial charge in [0.05, 0.1) is 5.56 Å². The number of carbonyl (C=O) groups excluding carboxylic acids is 2. The lowest BCUT2D eigenvalue weighted by Crippen LogP contribution is -2.65. The molecule has 2 aromatic carbocycles. The molecular weight excluding hydrogens is 597 g/mol. The summed E-state index contributed by atoms with van der Waals surface area (Å²) in [5.74, 6) is -8.59. The van der Waals surface area contributed by atoms with Crippen LogP contribution in [-0.2, 0) is 4.79 Å². The molecule has 0 heterocycles. The zero-order valence-electron chi connectivity index (χ0n) is 24.4. The number of carbonyl (C=O) groups is 3. The molecular formula is C34H32F5NO5. The third kappa shape index (κ3) is 4.81. The van der Waals surface area contributed by atoms with E-state index in [0.717, 1.165) is 16.7 Å². The predicted molar refractivity (Wildman–Crippen MR) is 154 cm³/mol. The first kappa shape index (κ1) is 31.1. The first-order chi connectivity index (χ1) is 21.1. The molecule has 2 saturated carbocycles. The fourth-order valence-electron chi connectivity index (χ4n) is 8.51. The third-order valence-electron chi connectivity index (χ3n) is 10.7. The Bertz CT molecular complexity index is 1640. The van der Waals surface area contributed by atoms with Crippen LogP contribution in [-0.4, -0.2) is 45.6 Å². The van der Waals surface area contributed by atoms with Crippen molar-refractivity contribution < 1.29 is 46.5 Å². The Balaban J connectivity index is 1.39. The number of carboxylic acid groups (broad SMARTS) is 1. The highest BCUT2D eigenvalue weighted by Gasteiger charge is 2.79. The van der Waals surface area contributed by atoms with Gasteiger partial charge in [0.2, 0.25) is 0 Å². The van der Waals surface area contributed by atoms with Crippen molar-refractivity contribution in [1.82, 2.24) is 0 Å². The van der Waals surface area contributed by atoms with Gasteiger partial charge >= 0.3 is 18.1 Å². The van der Waals surface area contributed by atoms with Crippen molar-refractivity contribution in [1.29, 1.82) is 0 Å². The van der Waals surface area contributed by atoms with Crippen molar-refractivity contribution in [2.75, 3.05) is 5.32 Å². The minimum absolute atomic E-state index is 0.00526. The molecule has 0 unspecified atom stereocenters. The molecule has 0 saturated heterocycles. The molecule has 0 aliphatic heterocycles. The van der Waals surface area contributed by atoms with E-state index in [1.807, 2.05) is 0 Å². The van der Waals surface area contributed by atoms with Crippen LogP contribution in [0.25, 0.3) is 0 Å². The van der Waals surface area contributed by atoms with E-state index in [9.17, 15) is 37.8 Å². The number of ketones is 1. The number of anilines is 1. The molecule has 2 fully saturated rings. The second-order valence-corrected chi connectivity index (χ2v) is 12.9. The average Bonchev–Trinajstić information content (AvgIpc) is 3.27. The topological polar surface area (TPSA) is 104 Å². The number of carboxylic acids is 1. The van der Waals surface area contributed by atoms with Crippen molar-refractivity contribution in [2.24, 2.45) is 17.3 Å². The van der Waals surface area contributed by atoms with E-state index < -0.39 is 53.2 Å². The number of allylic oxidation sites excluding steroid dienone is 4. The Hall–Kier alpha value is -3.86. The van der Waals surface area contributed by atoms with Crippen molar-refractivity contribution >= 4 is 23.3 Å². The zero-order valence-corrected chi connectivity index (χ0v) is 24.4. The molecule has 1 amide bonds. The molecule has 4 aliphatic rings. The van der Waals surface area contributed by atoms with E-state index >= 15 is 8.78 Å². The van der Waals surface area contributed by atoms with Crippen LogP contribution in [0.4, 0.5) is 27.6 Å². The molecule has 2 aromatic rings. The van der Waals surface area contributed by atoms with Gasteiger partial charge in [-0.2, -0.15) is 22.0 Å². The summed E-state index contributed by atoms with van der Waals surface area (Å²) in [5.41, 5.74) is -1.23. The molecule has 4 aliphatic carbocycles. The third-order valence-corrected chi connectivity index (χ3v) is 10.7. The smallest absolute Gasteiger partial charge is 0.456 e. The maximum absolute atomic E-state index is 15.2. The number of benzene rings is 2. The summed E-state index contributed by atoms with van der Waals surface area (Å²) in [5, 5.41) is 23.3. The first-order valence-electron chi connectivity index (χ1n) is 15.0. The monoisotopic (exact) mass is 629 g/mol.